The Morgan fingerprint density at radius 2 is 1.08 bits per heavy atom. The standard InChI is InChI=1S/C55H37BN2O/c1-55(2)45-20-11-12-23-48(45)57-50-30-39(35-16-7-4-8-17-35)29-44-41-33-52-43(42-28-37-18-9-10-19-38(37)31-51(42)59-52)32-49(41)58(56(53(44)50)47-22-13-21-46(55)54(47)57)40-26-24-36(25-27-40)34-14-5-3-6-15-34/h3-33H,1-2H3. The van der Waals surface area contributed by atoms with Crippen LogP contribution in [0.5, 0.6) is 0 Å². The van der Waals surface area contributed by atoms with E-state index in [0.717, 1.165) is 27.6 Å². The van der Waals surface area contributed by atoms with E-state index in [1.54, 1.807) is 0 Å². The Labute approximate surface area is 343 Å². The molecule has 9 aromatic carbocycles. The van der Waals surface area contributed by atoms with Gasteiger partial charge in [-0.2, -0.15) is 0 Å². The van der Waals surface area contributed by atoms with E-state index in [9.17, 15) is 0 Å². The minimum Gasteiger partial charge on any atom is -0.456 e. The Kier molecular flexibility index (Phi) is 6.59. The lowest BCUT2D eigenvalue weighted by molar-refractivity contribution is 0.632. The van der Waals surface area contributed by atoms with Gasteiger partial charge in [0.05, 0.1) is 5.69 Å². The summed E-state index contributed by atoms with van der Waals surface area (Å²) in [5, 5.41) is 4.65. The number of hydrogen-bond donors (Lipinski definition) is 0. The number of anilines is 5. The van der Waals surface area contributed by atoms with Gasteiger partial charge in [-0.3, -0.25) is 0 Å². The maximum absolute atomic E-state index is 6.82. The van der Waals surface area contributed by atoms with Gasteiger partial charge in [0.25, 0.3) is 0 Å². The van der Waals surface area contributed by atoms with Crippen LogP contribution >= 0.6 is 0 Å². The number of hydrogen-bond acceptors (Lipinski definition) is 3. The molecule has 59 heavy (non-hydrogen) atoms. The van der Waals surface area contributed by atoms with Crippen LogP contribution in [-0.2, 0) is 5.41 Å². The average Bonchev–Trinajstić information content (AvgIpc) is 3.63. The highest BCUT2D eigenvalue weighted by atomic mass is 16.3. The van der Waals surface area contributed by atoms with Crippen molar-refractivity contribution >= 4 is 78.9 Å². The normalized spacial score (nSPS) is 14.3. The molecule has 3 nitrogen and oxygen atoms in total. The third-order valence-electron chi connectivity index (χ3n) is 13.4. The van der Waals surface area contributed by atoms with Gasteiger partial charge in [-0.05, 0) is 115 Å². The van der Waals surface area contributed by atoms with Crippen molar-refractivity contribution in [3.05, 3.63) is 199 Å². The molecule has 0 bridgehead atoms. The summed E-state index contributed by atoms with van der Waals surface area (Å²) in [4.78, 5) is 5.21. The maximum Gasteiger partial charge on any atom is 0.333 e. The van der Waals surface area contributed by atoms with E-state index in [4.69, 9.17) is 4.42 Å². The molecule has 3 aliphatic heterocycles. The van der Waals surface area contributed by atoms with Crippen LogP contribution in [0.1, 0.15) is 25.0 Å². The van der Waals surface area contributed by atoms with Crippen LogP contribution in [0, 0.1) is 0 Å². The molecule has 276 valence electrons. The Bertz CT molecular complexity index is 3370. The second-order valence-electron chi connectivity index (χ2n) is 16.9. The minimum absolute atomic E-state index is 0.0939. The summed E-state index contributed by atoms with van der Waals surface area (Å²) in [6, 6.07) is 69.5. The SMILES string of the molecule is CC1(C)c2ccccc2N2c3cc(-c4ccccc4)cc4c3B(c3cccc1c32)N(c1ccc(-c2ccccc2)cc1)c1cc2c(cc1-4)oc1cc3ccccc3cc12. The Morgan fingerprint density at radius 1 is 0.458 bits per heavy atom. The van der Waals surface area contributed by atoms with Crippen LogP contribution in [0.15, 0.2) is 192 Å². The first-order chi connectivity index (χ1) is 29.0. The van der Waals surface area contributed by atoms with E-state index in [2.05, 4.69) is 212 Å². The summed E-state index contributed by atoms with van der Waals surface area (Å²) in [5.74, 6) is 0. The maximum atomic E-state index is 6.82. The lowest BCUT2D eigenvalue weighted by Crippen LogP contribution is -2.62. The van der Waals surface area contributed by atoms with Crippen molar-refractivity contribution in [2.75, 3.05) is 9.71 Å². The molecular weight excluding hydrogens is 715 g/mol. The van der Waals surface area contributed by atoms with Crippen LogP contribution in [0.2, 0.25) is 0 Å². The van der Waals surface area contributed by atoms with E-state index in [0.29, 0.717) is 0 Å². The van der Waals surface area contributed by atoms with Crippen molar-refractivity contribution in [2.24, 2.45) is 0 Å². The van der Waals surface area contributed by atoms with Crippen molar-refractivity contribution in [2.45, 2.75) is 19.3 Å². The van der Waals surface area contributed by atoms with Crippen molar-refractivity contribution in [1.82, 2.24) is 0 Å². The molecule has 1 aromatic heterocycles. The summed E-state index contributed by atoms with van der Waals surface area (Å²) in [7, 11) is 0. The number of rotatable bonds is 3. The largest absolute Gasteiger partial charge is 0.456 e. The lowest BCUT2D eigenvalue weighted by Gasteiger charge is -2.50. The molecule has 4 heterocycles. The minimum atomic E-state index is -0.199. The highest BCUT2D eigenvalue weighted by Gasteiger charge is 2.49. The summed E-state index contributed by atoms with van der Waals surface area (Å²) in [6.07, 6.45) is 0. The van der Waals surface area contributed by atoms with E-state index in [-0.39, 0.29) is 12.3 Å². The van der Waals surface area contributed by atoms with Crippen molar-refractivity contribution < 1.29 is 4.42 Å². The fourth-order valence-corrected chi connectivity index (χ4v) is 10.6. The zero-order valence-electron chi connectivity index (χ0n) is 32.8. The third-order valence-corrected chi connectivity index (χ3v) is 13.4. The molecule has 0 spiro atoms. The highest BCUT2D eigenvalue weighted by Crippen LogP contribution is 2.55. The molecule has 0 radical (unpaired) electrons. The van der Waals surface area contributed by atoms with Gasteiger partial charge < -0.3 is 14.1 Å². The molecule has 0 amide bonds. The summed E-state index contributed by atoms with van der Waals surface area (Å²) in [6.45, 7) is 4.69. The molecule has 3 aliphatic rings. The summed E-state index contributed by atoms with van der Waals surface area (Å²) >= 11 is 0. The number of nitrogens with zero attached hydrogens (tertiary/aromatic N) is 2. The molecule has 0 aliphatic carbocycles. The monoisotopic (exact) mass is 752 g/mol. The molecule has 0 atom stereocenters. The quantitative estimate of drug-likeness (QED) is 0.168. The molecule has 10 aromatic rings. The van der Waals surface area contributed by atoms with Crippen LogP contribution in [0.25, 0.3) is 66.1 Å². The summed E-state index contributed by atoms with van der Waals surface area (Å²) < 4.78 is 6.82. The van der Waals surface area contributed by atoms with E-state index in [1.807, 2.05) is 0 Å². The first-order valence-electron chi connectivity index (χ1n) is 20.6. The first-order valence-corrected chi connectivity index (χ1v) is 20.6. The zero-order valence-corrected chi connectivity index (χ0v) is 32.8. The molecule has 0 saturated heterocycles. The molecule has 0 fully saturated rings. The molecule has 13 rings (SSSR count). The topological polar surface area (TPSA) is 19.6 Å². The molecule has 4 heteroatoms. The smallest absolute Gasteiger partial charge is 0.333 e. The van der Waals surface area contributed by atoms with Gasteiger partial charge in [0.15, 0.2) is 0 Å². The third kappa shape index (κ3) is 4.54. The van der Waals surface area contributed by atoms with E-state index >= 15 is 0 Å². The highest BCUT2D eigenvalue weighted by molar-refractivity contribution is 6.93. The van der Waals surface area contributed by atoms with Crippen molar-refractivity contribution in [1.29, 1.82) is 0 Å². The Morgan fingerprint density at radius 3 is 1.86 bits per heavy atom. The fourth-order valence-electron chi connectivity index (χ4n) is 10.6. The number of benzene rings is 9. The zero-order chi connectivity index (χ0) is 39.0. The molecule has 0 saturated carbocycles. The molecular formula is C55H37BN2O. The second-order valence-corrected chi connectivity index (χ2v) is 16.9. The predicted octanol–water partition coefficient (Wildman–Crippen LogP) is 13.4. The summed E-state index contributed by atoms with van der Waals surface area (Å²) in [5.41, 5.74) is 20.2. The fraction of sp³-hybridized carbons (Fsp3) is 0.0545. The second kappa shape index (κ2) is 11.9. The number of fused-ring (bicyclic) bond motifs is 10. The molecule has 0 unspecified atom stereocenters. The lowest BCUT2D eigenvalue weighted by atomic mass is 9.42. The van der Waals surface area contributed by atoms with Crippen LogP contribution in [0.4, 0.5) is 28.4 Å². The Hall–Kier alpha value is -7.30. The van der Waals surface area contributed by atoms with Crippen LogP contribution < -0.4 is 20.6 Å². The van der Waals surface area contributed by atoms with Gasteiger partial charge in [-0.15, -0.1) is 0 Å². The number of para-hydroxylation sites is 2. The van der Waals surface area contributed by atoms with Gasteiger partial charge >= 0.3 is 6.85 Å². The van der Waals surface area contributed by atoms with Gasteiger partial charge in [0.2, 0.25) is 0 Å². The van der Waals surface area contributed by atoms with Gasteiger partial charge in [-0.25, -0.2) is 0 Å². The molecule has 0 N–H and O–H groups in total. The van der Waals surface area contributed by atoms with Crippen molar-refractivity contribution in [3.63, 3.8) is 0 Å². The Balaban J connectivity index is 1.16. The number of furan rings is 1. The van der Waals surface area contributed by atoms with Crippen LogP contribution in [0.3, 0.4) is 0 Å². The van der Waals surface area contributed by atoms with Gasteiger partial charge in [0.1, 0.15) is 11.2 Å². The van der Waals surface area contributed by atoms with Crippen LogP contribution in [-0.4, -0.2) is 6.85 Å². The van der Waals surface area contributed by atoms with Gasteiger partial charge in [-0.1, -0.05) is 147 Å². The van der Waals surface area contributed by atoms with Gasteiger partial charge in [0, 0.05) is 44.5 Å². The van der Waals surface area contributed by atoms with E-state index in [1.165, 1.54) is 89.0 Å². The van der Waals surface area contributed by atoms with Crippen molar-refractivity contribution in [3.8, 4) is 33.4 Å². The average molecular weight is 753 g/mol. The predicted molar refractivity (Wildman–Crippen MR) is 248 cm³/mol. The first kappa shape index (κ1) is 32.8. The van der Waals surface area contributed by atoms with E-state index < -0.39 is 0 Å².